The van der Waals surface area contributed by atoms with Crippen molar-refractivity contribution in [3.63, 3.8) is 0 Å². The highest BCUT2D eigenvalue weighted by Crippen LogP contribution is 2.47. The molecule has 0 aromatic heterocycles. The Bertz CT molecular complexity index is 1310. The van der Waals surface area contributed by atoms with Crippen LogP contribution in [0.1, 0.15) is 29.6 Å². The lowest BCUT2D eigenvalue weighted by molar-refractivity contribution is -0.150. The van der Waals surface area contributed by atoms with Gasteiger partial charge in [0.05, 0.1) is 33.9 Å². The second-order valence-electron chi connectivity index (χ2n) is 8.73. The van der Waals surface area contributed by atoms with Crippen LogP contribution in [-0.4, -0.2) is 67.8 Å². The van der Waals surface area contributed by atoms with Crippen LogP contribution in [0.3, 0.4) is 0 Å². The summed E-state index contributed by atoms with van der Waals surface area (Å²) < 4.78 is 36.1. The van der Waals surface area contributed by atoms with Crippen LogP contribution < -0.4 is 10.1 Å². The predicted molar refractivity (Wildman–Crippen MR) is 127 cm³/mol. The van der Waals surface area contributed by atoms with Crippen LogP contribution in [0.5, 0.6) is 11.5 Å². The van der Waals surface area contributed by atoms with Crippen molar-refractivity contribution in [2.75, 3.05) is 20.2 Å². The Morgan fingerprint density at radius 3 is 2.57 bits per heavy atom. The molecule has 1 N–H and O–H groups in total. The average Bonchev–Trinajstić information content (AvgIpc) is 3.63. The number of ether oxygens (including phenoxy) is 2. The summed E-state index contributed by atoms with van der Waals surface area (Å²) in [5.41, 5.74) is 0.316. The molecular formula is C24H24N2O7S2. The number of nitrogens with one attached hydrogen (secondary N) is 1. The van der Waals surface area contributed by atoms with E-state index in [-0.39, 0.29) is 19.5 Å². The molecule has 2 atom stereocenters. The van der Waals surface area contributed by atoms with Gasteiger partial charge in [-0.25, -0.2) is 13.2 Å². The third kappa shape index (κ3) is 4.62. The van der Waals surface area contributed by atoms with E-state index in [1.54, 1.807) is 30.0 Å². The van der Waals surface area contributed by atoms with Gasteiger partial charge in [0.1, 0.15) is 17.5 Å². The molecule has 5 rings (SSSR count). The topological polar surface area (TPSA) is 119 Å². The lowest BCUT2D eigenvalue weighted by Gasteiger charge is -2.23. The normalized spacial score (nSPS) is 20.9. The lowest BCUT2D eigenvalue weighted by atomic mass is 10.2. The lowest BCUT2D eigenvalue weighted by Crippen LogP contribution is -2.46. The highest BCUT2D eigenvalue weighted by atomic mass is 32.2. The second-order valence-corrected chi connectivity index (χ2v) is 12.3. The quantitative estimate of drug-likeness (QED) is 0.496. The van der Waals surface area contributed by atoms with E-state index < -0.39 is 44.2 Å². The Kier molecular flexibility index (Phi) is 6.22. The summed E-state index contributed by atoms with van der Waals surface area (Å²) >= 11 is 1.54. The van der Waals surface area contributed by atoms with Gasteiger partial charge in [0.2, 0.25) is 5.91 Å². The number of benzene rings is 2. The number of rotatable bonds is 6. The third-order valence-electron chi connectivity index (χ3n) is 6.40. The number of methoxy groups -OCH3 is 1. The van der Waals surface area contributed by atoms with Crippen molar-refractivity contribution in [1.82, 2.24) is 10.2 Å². The highest BCUT2D eigenvalue weighted by molar-refractivity contribution is 7.99. The summed E-state index contributed by atoms with van der Waals surface area (Å²) in [5, 5.41) is 1.37. The molecule has 35 heavy (non-hydrogen) atoms. The zero-order chi connectivity index (χ0) is 24.7. The largest absolute Gasteiger partial charge is 0.467 e. The maximum absolute atomic E-state index is 12.9. The maximum Gasteiger partial charge on any atom is 0.328 e. The summed E-state index contributed by atoms with van der Waals surface area (Å²) in [6, 6.07) is 11.7. The molecule has 2 fully saturated rings. The first-order valence-corrected chi connectivity index (χ1v) is 13.7. The van der Waals surface area contributed by atoms with Gasteiger partial charge in [-0.1, -0.05) is 23.9 Å². The molecule has 0 radical (unpaired) electrons. The highest BCUT2D eigenvalue weighted by Gasteiger charge is 2.49. The van der Waals surface area contributed by atoms with Crippen LogP contribution in [0.2, 0.25) is 0 Å². The van der Waals surface area contributed by atoms with Crippen molar-refractivity contribution >= 4 is 39.4 Å². The fraction of sp³-hybridized carbons (Fsp3) is 0.375. The molecule has 11 heteroatoms. The summed E-state index contributed by atoms with van der Waals surface area (Å²) in [4.78, 5) is 41.0. The Labute approximate surface area is 207 Å². The van der Waals surface area contributed by atoms with Crippen molar-refractivity contribution in [2.45, 2.75) is 45.6 Å². The summed E-state index contributed by atoms with van der Waals surface area (Å²) in [7, 11) is -2.22. The Morgan fingerprint density at radius 2 is 1.83 bits per heavy atom. The van der Waals surface area contributed by atoms with Gasteiger partial charge in [-0.3, -0.25) is 9.59 Å². The second kappa shape index (κ2) is 9.19. The van der Waals surface area contributed by atoms with Gasteiger partial charge in [-0.2, -0.15) is 0 Å². The number of hydrogen-bond donors (Lipinski definition) is 1. The summed E-state index contributed by atoms with van der Waals surface area (Å²) in [6.07, 6.45) is 1.23. The van der Waals surface area contributed by atoms with E-state index in [0.717, 1.165) is 9.79 Å². The monoisotopic (exact) mass is 516 g/mol. The number of sulfone groups is 1. The van der Waals surface area contributed by atoms with E-state index in [4.69, 9.17) is 9.47 Å². The van der Waals surface area contributed by atoms with Gasteiger partial charge in [0.25, 0.3) is 5.91 Å². The fourth-order valence-electron chi connectivity index (χ4n) is 4.37. The first-order chi connectivity index (χ1) is 16.8. The molecular weight excluding hydrogens is 492 g/mol. The number of esters is 1. The van der Waals surface area contributed by atoms with Gasteiger partial charge in [0.15, 0.2) is 9.84 Å². The summed E-state index contributed by atoms with van der Waals surface area (Å²) in [6.45, 7) is -0.464. The first kappa shape index (κ1) is 23.7. The van der Waals surface area contributed by atoms with Crippen LogP contribution in [0, 0.1) is 0 Å². The van der Waals surface area contributed by atoms with E-state index >= 15 is 0 Å². The molecule has 1 saturated heterocycles. The molecule has 184 valence electrons. The number of carbonyl (C=O) groups excluding carboxylic acids is 3. The molecule has 0 spiro atoms. The van der Waals surface area contributed by atoms with E-state index in [2.05, 4.69) is 5.32 Å². The van der Waals surface area contributed by atoms with E-state index in [1.807, 2.05) is 24.3 Å². The van der Waals surface area contributed by atoms with Gasteiger partial charge in [-0.15, -0.1) is 0 Å². The predicted octanol–water partition coefficient (Wildman–Crippen LogP) is 2.39. The number of carbonyl (C=O) groups is 3. The molecule has 1 aliphatic carbocycles. The van der Waals surface area contributed by atoms with Gasteiger partial charge in [-0.05, 0) is 49.6 Å². The number of para-hydroxylation sites is 1. The third-order valence-corrected chi connectivity index (χ3v) is 10.2. The zero-order valence-corrected chi connectivity index (χ0v) is 20.6. The van der Waals surface area contributed by atoms with Crippen molar-refractivity contribution < 1.29 is 32.3 Å². The Morgan fingerprint density at radius 1 is 1.09 bits per heavy atom. The average molecular weight is 517 g/mol. The van der Waals surface area contributed by atoms with Gasteiger partial charge >= 0.3 is 5.97 Å². The molecule has 0 bridgehead atoms. The SMILES string of the molecule is COC(=O)[C@@H]1C[C@@H](S(=O)(=O)C2CC2)CN1C(=O)CNC(=O)c1ccc2c(c1)Oc1ccccc1S2. The molecule has 1 saturated carbocycles. The molecule has 2 aliphatic heterocycles. The molecule has 0 unspecified atom stereocenters. The number of nitrogens with zero attached hydrogens (tertiary/aromatic N) is 1. The number of hydrogen-bond acceptors (Lipinski definition) is 8. The van der Waals surface area contributed by atoms with E-state index in [9.17, 15) is 22.8 Å². The van der Waals surface area contributed by atoms with Crippen molar-refractivity contribution in [3.05, 3.63) is 48.0 Å². The first-order valence-electron chi connectivity index (χ1n) is 11.2. The van der Waals surface area contributed by atoms with Crippen molar-refractivity contribution in [1.29, 1.82) is 0 Å². The van der Waals surface area contributed by atoms with E-state index in [0.29, 0.717) is 29.9 Å². The zero-order valence-electron chi connectivity index (χ0n) is 18.9. The van der Waals surface area contributed by atoms with Crippen LogP contribution in [0.15, 0.2) is 52.3 Å². The van der Waals surface area contributed by atoms with Gasteiger partial charge < -0.3 is 19.7 Å². The minimum absolute atomic E-state index is 0.00644. The minimum Gasteiger partial charge on any atom is -0.467 e. The Hall–Kier alpha value is -3.05. The van der Waals surface area contributed by atoms with Crippen LogP contribution in [0.25, 0.3) is 0 Å². The van der Waals surface area contributed by atoms with Crippen molar-refractivity contribution in [3.8, 4) is 11.5 Å². The molecule has 2 aromatic rings. The molecule has 2 heterocycles. The molecule has 9 nitrogen and oxygen atoms in total. The van der Waals surface area contributed by atoms with Crippen molar-refractivity contribution in [2.24, 2.45) is 0 Å². The van der Waals surface area contributed by atoms with Crippen LogP contribution >= 0.6 is 11.8 Å². The van der Waals surface area contributed by atoms with Gasteiger partial charge in [0, 0.05) is 12.1 Å². The van der Waals surface area contributed by atoms with Crippen LogP contribution in [0.4, 0.5) is 0 Å². The molecule has 3 aliphatic rings. The fourth-order valence-corrected chi connectivity index (χ4v) is 7.46. The van der Waals surface area contributed by atoms with Crippen LogP contribution in [-0.2, 0) is 24.2 Å². The number of likely N-dealkylation sites (tertiary alicyclic amines) is 1. The standard InChI is InChI=1S/C24H24N2O7S2/c1-32-24(29)17-11-16(35(30,31)15-7-8-15)13-26(17)22(27)12-25-23(28)14-6-9-21-19(10-14)33-18-4-2-3-5-20(18)34-21/h2-6,9-10,15-17H,7-8,11-13H2,1H3,(H,25,28)/t16-,17+/m1/s1. The van der Waals surface area contributed by atoms with E-state index in [1.165, 1.54) is 12.0 Å². The Balaban J connectivity index is 1.25. The minimum atomic E-state index is -3.42. The molecule has 2 amide bonds. The summed E-state index contributed by atoms with van der Waals surface area (Å²) in [5.74, 6) is -0.435. The molecule has 2 aromatic carbocycles. The maximum atomic E-state index is 12.9. The smallest absolute Gasteiger partial charge is 0.328 e. The number of fused-ring (bicyclic) bond motifs is 2. The number of amides is 2.